The molecule has 4 aliphatic carbocycles. The molecule has 10 heteroatoms. The van der Waals surface area contributed by atoms with E-state index >= 15 is 0 Å². The summed E-state index contributed by atoms with van der Waals surface area (Å²) >= 11 is -0.548. The van der Waals surface area contributed by atoms with Gasteiger partial charge in [0, 0.05) is 6.42 Å². The summed E-state index contributed by atoms with van der Waals surface area (Å²) in [5.74, 6) is -0.886. The van der Waals surface area contributed by atoms with Crippen LogP contribution in [0, 0.1) is 11.3 Å². The van der Waals surface area contributed by atoms with E-state index in [1.54, 1.807) is 0 Å². The SMILES string of the molecule is O=C(OCC(F)(F)SOO[O-])C12CC3CC(O)(CC(O)(C3)C1)C2. The van der Waals surface area contributed by atoms with Crippen molar-refractivity contribution in [2.45, 2.75) is 55.0 Å². The maximum atomic E-state index is 13.3. The number of esters is 1. The van der Waals surface area contributed by atoms with Crippen LogP contribution in [0.2, 0.25) is 0 Å². The van der Waals surface area contributed by atoms with Crippen LogP contribution < -0.4 is 5.26 Å². The molecular formula is C13H17F2O7S-. The average molecular weight is 355 g/mol. The second kappa shape index (κ2) is 5.50. The molecule has 4 fully saturated rings. The van der Waals surface area contributed by atoms with E-state index in [1.807, 2.05) is 0 Å². The number of aliphatic hydroxyl groups is 2. The van der Waals surface area contributed by atoms with E-state index in [1.165, 1.54) is 0 Å². The van der Waals surface area contributed by atoms with Crippen LogP contribution in [0.25, 0.3) is 0 Å². The van der Waals surface area contributed by atoms with Gasteiger partial charge in [-0.2, -0.15) is 13.1 Å². The highest BCUT2D eigenvalue weighted by Crippen LogP contribution is 2.63. The van der Waals surface area contributed by atoms with E-state index in [4.69, 9.17) is 4.74 Å². The molecule has 4 aliphatic rings. The molecule has 0 aromatic rings. The molecule has 0 aromatic heterocycles. The first-order valence-electron chi connectivity index (χ1n) is 7.24. The molecule has 2 unspecified atom stereocenters. The lowest BCUT2D eigenvalue weighted by molar-refractivity contribution is -0.777. The quantitative estimate of drug-likeness (QED) is 0.306. The molecule has 4 rings (SSSR count). The van der Waals surface area contributed by atoms with Gasteiger partial charge in [-0.1, -0.05) is 0 Å². The zero-order valence-electron chi connectivity index (χ0n) is 12.1. The maximum absolute atomic E-state index is 13.3. The molecule has 7 nitrogen and oxygen atoms in total. The predicted molar refractivity (Wildman–Crippen MR) is 69.2 cm³/mol. The van der Waals surface area contributed by atoms with E-state index in [-0.39, 0.29) is 25.2 Å². The first kappa shape index (κ1) is 17.3. The Hall–Kier alpha value is -0.520. The smallest absolute Gasteiger partial charge is 0.354 e. The molecule has 4 bridgehead atoms. The van der Waals surface area contributed by atoms with Crippen molar-refractivity contribution >= 4 is 18.0 Å². The van der Waals surface area contributed by atoms with E-state index in [0.29, 0.717) is 19.3 Å². The third kappa shape index (κ3) is 3.33. The number of hydrogen-bond donors (Lipinski definition) is 2. The van der Waals surface area contributed by atoms with Crippen LogP contribution in [-0.2, 0) is 18.9 Å². The Bertz CT molecular complexity index is 485. The zero-order valence-corrected chi connectivity index (χ0v) is 12.9. The Morgan fingerprint density at radius 3 is 2.35 bits per heavy atom. The second-order valence-electron chi connectivity index (χ2n) is 7.17. The summed E-state index contributed by atoms with van der Waals surface area (Å²) in [6.45, 7) is -1.29. The van der Waals surface area contributed by atoms with Crippen molar-refractivity contribution in [2.24, 2.45) is 11.3 Å². The lowest BCUT2D eigenvalue weighted by Gasteiger charge is -2.61. The minimum absolute atomic E-state index is 0.0270. The molecule has 0 heterocycles. The lowest BCUT2D eigenvalue weighted by atomic mass is 9.46. The fourth-order valence-corrected chi connectivity index (χ4v) is 5.19. The van der Waals surface area contributed by atoms with Crippen LogP contribution >= 0.6 is 12.0 Å². The van der Waals surface area contributed by atoms with Crippen molar-refractivity contribution in [3.8, 4) is 0 Å². The zero-order chi connectivity index (χ0) is 16.9. The van der Waals surface area contributed by atoms with Gasteiger partial charge < -0.3 is 20.2 Å². The Balaban J connectivity index is 1.68. The normalized spacial score (nSPS) is 42.0. The van der Waals surface area contributed by atoms with E-state index < -0.39 is 46.5 Å². The highest BCUT2D eigenvalue weighted by Gasteiger charge is 2.66. The topological polar surface area (TPSA) is 108 Å². The van der Waals surface area contributed by atoms with Crippen LogP contribution in [0.3, 0.4) is 0 Å². The van der Waals surface area contributed by atoms with Crippen molar-refractivity contribution < 1.29 is 43.2 Å². The standard InChI is InChI=1S/C13H18F2O7S/c14-13(15,23-22-21-19)7-20-9(16)10-1-8-2-11(17,4-10)6-12(18,3-8)5-10/h8,17-19H,1-7H2/p-1. The van der Waals surface area contributed by atoms with Crippen molar-refractivity contribution in [3.63, 3.8) is 0 Å². The van der Waals surface area contributed by atoms with Crippen LogP contribution in [0.1, 0.15) is 38.5 Å². The molecule has 2 atom stereocenters. The summed E-state index contributed by atoms with van der Waals surface area (Å²) in [5.41, 5.74) is -3.44. The minimum Gasteiger partial charge on any atom is -0.691 e. The molecule has 0 aromatic carbocycles. The summed E-state index contributed by atoms with van der Waals surface area (Å²) in [5, 5.41) is 29.8. The van der Waals surface area contributed by atoms with E-state index in [2.05, 4.69) is 9.37 Å². The monoisotopic (exact) mass is 355 g/mol. The number of ether oxygens (including phenoxy) is 1. The Morgan fingerprint density at radius 1 is 1.22 bits per heavy atom. The average Bonchev–Trinajstić information content (AvgIpc) is 2.38. The van der Waals surface area contributed by atoms with Crippen LogP contribution in [0.4, 0.5) is 8.78 Å². The minimum atomic E-state index is -3.64. The number of rotatable bonds is 6. The van der Waals surface area contributed by atoms with Gasteiger partial charge in [-0.15, -0.1) is 0 Å². The summed E-state index contributed by atoms with van der Waals surface area (Å²) in [4.78, 5) is 12.4. The Labute approximate surface area is 135 Å². The predicted octanol–water partition coefficient (Wildman–Crippen LogP) is 0.440. The van der Waals surface area contributed by atoms with Gasteiger partial charge in [0.25, 0.3) is 0 Å². The van der Waals surface area contributed by atoms with Gasteiger partial charge in [-0.3, -0.25) is 9.83 Å². The Morgan fingerprint density at radius 2 is 1.83 bits per heavy atom. The maximum Gasteiger partial charge on any atom is 0.354 e. The third-order valence-corrected chi connectivity index (χ3v) is 5.48. The molecule has 132 valence electrons. The summed E-state index contributed by atoms with van der Waals surface area (Å²) in [7, 11) is 0. The summed E-state index contributed by atoms with van der Waals surface area (Å²) in [6, 6.07) is 0. The number of carbonyl (C=O) groups excluding carboxylic acids is 1. The second-order valence-corrected chi connectivity index (χ2v) is 8.07. The molecule has 0 aliphatic heterocycles. The molecule has 0 amide bonds. The van der Waals surface area contributed by atoms with Crippen molar-refractivity contribution in [2.75, 3.05) is 6.61 Å². The Kier molecular flexibility index (Phi) is 4.14. The van der Waals surface area contributed by atoms with E-state index in [0.717, 1.165) is 0 Å². The van der Waals surface area contributed by atoms with Gasteiger partial charge >= 0.3 is 11.2 Å². The third-order valence-electron chi connectivity index (χ3n) is 5.00. The molecule has 2 N–H and O–H groups in total. The first-order chi connectivity index (χ1) is 10.6. The molecule has 23 heavy (non-hydrogen) atoms. The van der Waals surface area contributed by atoms with Crippen LogP contribution in [-0.4, -0.2) is 39.2 Å². The highest BCUT2D eigenvalue weighted by atomic mass is 32.2. The fourth-order valence-electron chi connectivity index (χ4n) is 4.95. The fraction of sp³-hybridized carbons (Fsp3) is 0.923. The van der Waals surface area contributed by atoms with Crippen molar-refractivity contribution in [3.05, 3.63) is 0 Å². The number of carbonyl (C=O) groups is 1. The molecular weight excluding hydrogens is 338 g/mol. The van der Waals surface area contributed by atoms with E-state index in [9.17, 15) is 29.0 Å². The molecule has 0 spiro atoms. The van der Waals surface area contributed by atoms with Crippen molar-refractivity contribution in [1.82, 2.24) is 0 Å². The number of hydrogen-bond acceptors (Lipinski definition) is 8. The van der Waals surface area contributed by atoms with Crippen LogP contribution in [0.15, 0.2) is 0 Å². The lowest BCUT2D eigenvalue weighted by Crippen LogP contribution is -2.65. The summed E-state index contributed by atoms with van der Waals surface area (Å²) in [6.07, 6.45) is 1.84. The van der Waals surface area contributed by atoms with Gasteiger partial charge in [0.15, 0.2) is 6.61 Å². The number of alkyl halides is 2. The van der Waals surface area contributed by atoms with Gasteiger partial charge in [0.2, 0.25) is 0 Å². The van der Waals surface area contributed by atoms with Gasteiger partial charge in [-0.05, 0) is 38.0 Å². The first-order valence-corrected chi connectivity index (χ1v) is 7.98. The molecule has 0 saturated heterocycles. The number of halogens is 2. The molecule has 4 saturated carbocycles. The summed E-state index contributed by atoms with van der Waals surface area (Å²) < 4.78 is 34.9. The van der Waals surface area contributed by atoms with Gasteiger partial charge in [-0.25, -0.2) is 0 Å². The molecule has 0 radical (unpaired) electrons. The van der Waals surface area contributed by atoms with Crippen LogP contribution in [0.5, 0.6) is 0 Å². The van der Waals surface area contributed by atoms with Crippen molar-refractivity contribution in [1.29, 1.82) is 0 Å². The largest absolute Gasteiger partial charge is 0.691 e. The van der Waals surface area contributed by atoms with Gasteiger partial charge in [0.1, 0.15) is 12.0 Å². The van der Waals surface area contributed by atoms with Gasteiger partial charge in [0.05, 0.1) is 16.6 Å². The highest BCUT2D eigenvalue weighted by molar-refractivity contribution is 7.95.